The lowest BCUT2D eigenvalue weighted by Crippen LogP contribution is -2.30. The summed E-state index contributed by atoms with van der Waals surface area (Å²) in [6, 6.07) is 6.06. The summed E-state index contributed by atoms with van der Waals surface area (Å²) in [5.41, 5.74) is 0.798. The van der Waals surface area contributed by atoms with Crippen LogP contribution in [0, 0.1) is 11.7 Å². The molecule has 112 valence electrons. The predicted molar refractivity (Wildman–Crippen MR) is 80.7 cm³/mol. The topological polar surface area (TPSA) is 21.3 Å². The van der Waals surface area contributed by atoms with Crippen LogP contribution in [0.1, 0.15) is 44.6 Å². The number of nitrogens with one attached hydrogen (secondary N) is 1. The summed E-state index contributed by atoms with van der Waals surface area (Å²) in [7, 11) is 1.52. The van der Waals surface area contributed by atoms with Crippen LogP contribution in [-0.4, -0.2) is 19.7 Å². The quantitative estimate of drug-likeness (QED) is 0.824. The molecule has 2 unspecified atom stereocenters. The molecular weight excluding hydrogens is 253 g/mol. The van der Waals surface area contributed by atoms with Crippen molar-refractivity contribution in [2.45, 2.75) is 51.5 Å². The van der Waals surface area contributed by atoms with Crippen LogP contribution in [0.15, 0.2) is 18.2 Å². The van der Waals surface area contributed by atoms with Crippen LogP contribution in [0.3, 0.4) is 0 Å². The second-order valence-electron chi connectivity index (χ2n) is 5.78. The molecule has 0 aliphatic heterocycles. The maximum atomic E-state index is 14.2. The largest absolute Gasteiger partial charge is 0.494 e. The Balaban J connectivity index is 2.04. The molecule has 1 saturated carbocycles. The Morgan fingerprint density at radius 3 is 2.85 bits per heavy atom. The van der Waals surface area contributed by atoms with Gasteiger partial charge in [-0.2, -0.15) is 0 Å². The van der Waals surface area contributed by atoms with E-state index in [-0.39, 0.29) is 5.82 Å². The highest BCUT2D eigenvalue weighted by Crippen LogP contribution is 2.29. The number of hydrogen-bond acceptors (Lipinski definition) is 2. The summed E-state index contributed by atoms with van der Waals surface area (Å²) in [4.78, 5) is 0. The van der Waals surface area contributed by atoms with E-state index in [0.29, 0.717) is 17.7 Å². The molecule has 0 amide bonds. The van der Waals surface area contributed by atoms with E-state index in [2.05, 4.69) is 12.2 Å². The van der Waals surface area contributed by atoms with Crippen molar-refractivity contribution in [3.63, 3.8) is 0 Å². The zero-order valence-electron chi connectivity index (χ0n) is 12.6. The average Bonchev–Trinajstić information content (AvgIpc) is 2.67. The van der Waals surface area contributed by atoms with Gasteiger partial charge in [-0.05, 0) is 43.4 Å². The summed E-state index contributed by atoms with van der Waals surface area (Å²) in [5, 5.41) is 3.56. The number of rotatable bonds is 5. The van der Waals surface area contributed by atoms with Crippen LogP contribution in [0.25, 0.3) is 0 Å². The lowest BCUT2D eigenvalue weighted by molar-refractivity contribution is 0.369. The fourth-order valence-corrected chi connectivity index (χ4v) is 3.30. The molecular formula is C17H26FNO. The molecule has 0 radical (unpaired) electrons. The van der Waals surface area contributed by atoms with Gasteiger partial charge in [-0.1, -0.05) is 38.3 Å². The van der Waals surface area contributed by atoms with Gasteiger partial charge in [0, 0.05) is 6.04 Å². The molecule has 0 spiro atoms. The number of methoxy groups -OCH3 is 1. The molecule has 0 saturated heterocycles. The van der Waals surface area contributed by atoms with Crippen molar-refractivity contribution in [3.8, 4) is 5.75 Å². The summed E-state index contributed by atoms with van der Waals surface area (Å²) < 4.78 is 19.3. The van der Waals surface area contributed by atoms with E-state index in [9.17, 15) is 4.39 Å². The van der Waals surface area contributed by atoms with E-state index in [4.69, 9.17) is 4.74 Å². The van der Waals surface area contributed by atoms with Crippen LogP contribution < -0.4 is 10.1 Å². The Hall–Kier alpha value is -1.09. The highest BCUT2D eigenvalue weighted by atomic mass is 19.1. The van der Waals surface area contributed by atoms with Gasteiger partial charge < -0.3 is 10.1 Å². The van der Waals surface area contributed by atoms with Gasteiger partial charge in [-0.3, -0.25) is 0 Å². The molecule has 3 heteroatoms. The van der Waals surface area contributed by atoms with Gasteiger partial charge in [0.25, 0.3) is 0 Å². The molecule has 0 aromatic heterocycles. The van der Waals surface area contributed by atoms with Gasteiger partial charge in [0.1, 0.15) is 0 Å². The molecule has 1 fully saturated rings. The van der Waals surface area contributed by atoms with Crippen LogP contribution in [0.4, 0.5) is 4.39 Å². The molecule has 1 aliphatic carbocycles. The summed E-state index contributed by atoms with van der Waals surface area (Å²) >= 11 is 0. The Morgan fingerprint density at radius 1 is 1.30 bits per heavy atom. The second-order valence-corrected chi connectivity index (χ2v) is 5.78. The maximum absolute atomic E-state index is 14.2. The predicted octanol–water partition coefficient (Wildman–Crippen LogP) is 3.94. The van der Waals surface area contributed by atoms with E-state index in [1.165, 1.54) is 32.8 Å². The van der Waals surface area contributed by atoms with E-state index < -0.39 is 0 Å². The first-order valence-electron chi connectivity index (χ1n) is 7.79. The Kier molecular flexibility index (Phi) is 5.84. The van der Waals surface area contributed by atoms with Gasteiger partial charge >= 0.3 is 0 Å². The minimum Gasteiger partial charge on any atom is -0.494 e. The standard InChI is InChI=1S/C17H26FNO/c1-3-19-15-9-5-4-7-13(12-15)11-14-8-6-10-16(20-2)17(14)18/h6,8,10,13,15,19H,3-5,7,9,11-12H2,1-2H3. The highest BCUT2D eigenvalue weighted by molar-refractivity contribution is 5.31. The monoisotopic (exact) mass is 279 g/mol. The van der Waals surface area contributed by atoms with E-state index in [1.807, 2.05) is 12.1 Å². The van der Waals surface area contributed by atoms with Gasteiger partial charge in [-0.25, -0.2) is 4.39 Å². The molecule has 2 nitrogen and oxygen atoms in total. The van der Waals surface area contributed by atoms with Crippen LogP contribution in [-0.2, 0) is 6.42 Å². The maximum Gasteiger partial charge on any atom is 0.168 e. The third-order valence-electron chi connectivity index (χ3n) is 4.30. The molecule has 2 rings (SSSR count). The number of halogens is 1. The molecule has 20 heavy (non-hydrogen) atoms. The minimum atomic E-state index is -0.181. The SMILES string of the molecule is CCNC1CCCCC(Cc2cccc(OC)c2F)C1. The third-order valence-corrected chi connectivity index (χ3v) is 4.30. The molecule has 1 N–H and O–H groups in total. The highest BCUT2D eigenvalue weighted by Gasteiger charge is 2.21. The van der Waals surface area contributed by atoms with Crippen molar-refractivity contribution < 1.29 is 9.13 Å². The average molecular weight is 279 g/mol. The first-order valence-corrected chi connectivity index (χ1v) is 7.79. The lowest BCUT2D eigenvalue weighted by Gasteiger charge is -2.21. The zero-order valence-corrected chi connectivity index (χ0v) is 12.6. The first-order chi connectivity index (χ1) is 9.74. The molecule has 1 aliphatic rings. The molecule has 0 heterocycles. The van der Waals surface area contributed by atoms with Gasteiger partial charge in [0.15, 0.2) is 11.6 Å². The van der Waals surface area contributed by atoms with E-state index in [0.717, 1.165) is 24.9 Å². The minimum absolute atomic E-state index is 0.181. The van der Waals surface area contributed by atoms with Crippen LogP contribution in [0.5, 0.6) is 5.75 Å². The molecule has 1 aromatic carbocycles. The van der Waals surface area contributed by atoms with Gasteiger partial charge in [0.05, 0.1) is 7.11 Å². The fraction of sp³-hybridized carbons (Fsp3) is 0.647. The van der Waals surface area contributed by atoms with Crippen molar-refractivity contribution >= 4 is 0 Å². The van der Waals surface area contributed by atoms with Crippen molar-refractivity contribution in [2.75, 3.05) is 13.7 Å². The Bertz CT molecular complexity index is 421. The Labute approximate surface area is 121 Å². The van der Waals surface area contributed by atoms with E-state index in [1.54, 1.807) is 6.07 Å². The lowest BCUT2D eigenvalue weighted by atomic mass is 9.90. The van der Waals surface area contributed by atoms with Gasteiger partial charge in [0.2, 0.25) is 0 Å². The van der Waals surface area contributed by atoms with Crippen LogP contribution in [0.2, 0.25) is 0 Å². The fourth-order valence-electron chi connectivity index (χ4n) is 3.30. The first kappa shape index (κ1) is 15.3. The number of ether oxygens (including phenoxy) is 1. The van der Waals surface area contributed by atoms with Crippen LogP contribution >= 0.6 is 0 Å². The summed E-state index contributed by atoms with van der Waals surface area (Å²) in [6.45, 7) is 3.17. The van der Waals surface area contributed by atoms with Crippen molar-refractivity contribution in [1.82, 2.24) is 5.32 Å². The van der Waals surface area contributed by atoms with Crippen molar-refractivity contribution in [3.05, 3.63) is 29.6 Å². The number of benzene rings is 1. The molecule has 0 bridgehead atoms. The molecule has 2 atom stereocenters. The molecule has 1 aromatic rings. The van der Waals surface area contributed by atoms with E-state index >= 15 is 0 Å². The number of hydrogen-bond donors (Lipinski definition) is 1. The Morgan fingerprint density at radius 2 is 2.10 bits per heavy atom. The summed E-state index contributed by atoms with van der Waals surface area (Å²) in [5.74, 6) is 0.752. The van der Waals surface area contributed by atoms with Crippen molar-refractivity contribution in [1.29, 1.82) is 0 Å². The normalized spacial score (nSPS) is 23.4. The smallest absolute Gasteiger partial charge is 0.168 e. The van der Waals surface area contributed by atoms with Gasteiger partial charge in [-0.15, -0.1) is 0 Å². The third kappa shape index (κ3) is 3.95. The second kappa shape index (κ2) is 7.63. The zero-order chi connectivity index (χ0) is 14.4. The summed E-state index contributed by atoms with van der Waals surface area (Å²) in [6.07, 6.45) is 6.99. The van der Waals surface area contributed by atoms with Crippen molar-refractivity contribution in [2.24, 2.45) is 5.92 Å².